The Labute approximate surface area is 150 Å². The van der Waals surface area contributed by atoms with Gasteiger partial charge in [-0.3, -0.25) is 4.90 Å². The third-order valence-corrected chi connectivity index (χ3v) is 4.99. The van der Waals surface area contributed by atoms with Gasteiger partial charge >= 0.3 is 6.03 Å². The number of urea groups is 1. The van der Waals surface area contributed by atoms with Crippen LogP contribution in [0.25, 0.3) is 0 Å². The average molecular weight is 340 g/mol. The zero-order valence-electron chi connectivity index (χ0n) is 14.9. The smallest absolute Gasteiger partial charge is 0.314 e. The lowest BCUT2D eigenvalue weighted by Crippen LogP contribution is -2.44. The number of hydrogen-bond acceptors (Lipinski definition) is 2. The highest BCUT2D eigenvalue weighted by atomic mass is 16.2. The summed E-state index contributed by atoms with van der Waals surface area (Å²) >= 11 is 0. The number of likely N-dealkylation sites (tertiary alicyclic amines) is 1. The average Bonchev–Trinajstić information content (AvgIpc) is 3.14. The molecule has 2 atom stereocenters. The number of hydrogen-bond donors (Lipinski definition) is 2. The van der Waals surface area contributed by atoms with Crippen molar-refractivity contribution < 1.29 is 4.79 Å². The normalized spacial score (nSPS) is 21.0. The monoisotopic (exact) mass is 340 g/mol. The standard InChI is InChI=1S/C20H28N4O/c1-23-12-7-10-18(19(23)17-8-3-2-4-9-17)16-22-20(25)21-11-15-24-13-5-6-14-24/h2-6,8-9,13-14,18-19H,7,10-12,15-16H2,1H3,(H2,21,22,25)/t18-,19+/m1/s1. The fourth-order valence-corrected chi connectivity index (χ4v) is 3.75. The Hall–Kier alpha value is -2.27. The molecule has 25 heavy (non-hydrogen) atoms. The molecule has 2 aromatic rings. The zero-order valence-corrected chi connectivity index (χ0v) is 14.9. The summed E-state index contributed by atoms with van der Waals surface area (Å²) in [4.78, 5) is 14.5. The molecule has 2 heterocycles. The van der Waals surface area contributed by atoms with E-state index in [4.69, 9.17) is 0 Å². The summed E-state index contributed by atoms with van der Waals surface area (Å²) in [6.45, 7) is 3.24. The molecule has 0 unspecified atom stereocenters. The molecule has 5 nitrogen and oxygen atoms in total. The Bertz CT molecular complexity index is 641. The van der Waals surface area contributed by atoms with Gasteiger partial charge in [0.1, 0.15) is 0 Å². The molecule has 1 aromatic heterocycles. The molecule has 0 spiro atoms. The highest BCUT2D eigenvalue weighted by Gasteiger charge is 2.30. The number of nitrogens with one attached hydrogen (secondary N) is 2. The van der Waals surface area contributed by atoms with E-state index in [0.717, 1.165) is 19.5 Å². The summed E-state index contributed by atoms with van der Waals surface area (Å²) in [5, 5.41) is 6.01. The van der Waals surface area contributed by atoms with E-state index in [1.807, 2.05) is 24.5 Å². The van der Waals surface area contributed by atoms with E-state index in [0.29, 0.717) is 25.0 Å². The van der Waals surface area contributed by atoms with Crippen molar-refractivity contribution in [2.45, 2.75) is 25.4 Å². The van der Waals surface area contributed by atoms with Crippen LogP contribution in [-0.4, -0.2) is 42.2 Å². The Morgan fingerprint density at radius 3 is 2.64 bits per heavy atom. The van der Waals surface area contributed by atoms with Crippen molar-refractivity contribution in [3.8, 4) is 0 Å². The van der Waals surface area contributed by atoms with Gasteiger partial charge in [0.2, 0.25) is 0 Å². The minimum Gasteiger partial charge on any atom is -0.353 e. The van der Waals surface area contributed by atoms with Crippen molar-refractivity contribution in [1.29, 1.82) is 0 Å². The van der Waals surface area contributed by atoms with Crippen molar-refractivity contribution in [3.63, 3.8) is 0 Å². The van der Waals surface area contributed by atoms with Crippen LogP contribution in [0.3, 0.4) is 0 Å². The van der Waals surface area contributed by atoms with Crippen molar-refractivity contribution in [2.24, 2.45) is 5.92 Å². The first kappa shape index (κ1) is 17.5. The number of nitrogens with zero attached hydrogens (tertiary/aromatic N) is 2. The Kier molecular flexibility index (Phi) is 6.12. The van der Waals surface area contributed by atoms with E-state index >= 15 is 0 Å². The second-order valence-electron chi connectivity index (χ2n) is 6.80. The van der Waals surface area contributed by atoms with Crippen LogP contribution in [0.4, 0.5) is 4.79 Å². The third-order valence-electron chi connectivity index (χ3n) is 4.99. The van der Waals surface area contributed by atoms with Gasteiger partial charge in [0.25, 0.3) is 0 Å². The summed E-state index contributed by atoms with van der Waals surface area (Å²) in [5.41, 5.74) is 1.34. The van der Waals surface area contributed by atoms with Gasteiger partial charge < -0.3 is 15.2 Å². The molecule has 134 valence electrons. The lowest BCUT2D eigenvalue weighted by atomic mass is 9.85. The van der Waals surface area contributed by atoms with Gasteiger partial charge in [0, 0.05) is 38.1 Å². The van der Waals surface area contributed by atoms with Crippen molar-refractivity contribution in [3.05, 3.63) is 60.4 Å². The Morgan fingerprint density at radius 2 is 1.88 bits per heavy atom. The van der Waals surface area contributed by atoms with Crippen LogP contribution in [0.15, 0.2) is 54.9 Å². The van der Waals surface area contributed by atoms with Gasteiger partial charge in [-0.2, -0.15) is 0 Å². The molecule has 1 aliphatic heterocycles. The summed E-state index contributed by atoms with van der Waals surface area (Å²) in [7, 11) is 2.18. The molecule has 1 saturated heterocycles. The van der Waals surface area contributed by atoms with Crippen molar-refractivity contribution in [2.75, 3.05) is 26.7 Å². The Balaban J connectivity index is 1.49. The van der Waals surface area contributed by atoms with E-state index in [9.17, 15) is 4.79 Å². The first-order valence-electron chi connectivity index (χ1n) is 9.11. The number of rotatable bonds is 6. The largest absolute Gasteiger partial charge is 0.353 e. The Morgan fingerprint density at radius 1 is 1.12 bits per heavy atom. The maximum atomic E-state index is 12.1. The highest BCUT2D eigenvalue weighted by Crippen LogP contribution is 2.34. The molecule has 2 N–H and O–H groups in total. The maximum absolute atomic E-state index is 12.1. The number of amides is 2. The first-order valence-corrected chi connectivity index (χ1v) is 9.11. The number of carbonyl (C=O) groups is 1. The summed E-state index contributed by atoms with van der Waals surface area (Å²) in [6, 6.07) is 14.9. The van der Waals surface area contributed by atoms with E-state index in [2.05, 4.69) is 57.5 Å². The molecule has 0 radical (unpaired) electrons. The van der Waals surface area contributed by atoms with Crippen LogP contribution in [0.1, 0.15) is 24.4 Å². The minimum atomic E-state index is -0.0767. The molecule has 5 heteroatoms. The van der Waals surface area contributed by atoms with E-state index in [1.54, 1.807) is 0 Å². The van der Waals surface area contributed by atoms with Gasteiger partial charge in [-0.15, -0.1) is 0 Å². The summed E-state index contributed by atoms with van der Waals surface area (Å²) < 4.78 is 2.06. The second kappa shape index (κ2) is 8.72. The third kappa shape index (κ3) is 4.86. The highest BCUT2D eigenvalue weighted by molar-refractivity contribution is 5.73. The van der Waals surface area contributed by atoms with Gasteiger partial charge in [-0.25, -0.2) is 4.79 Å². The van der Waals surface area contributed by atoms with Crippen LogP contribution >= 0.6 is 0 Å². The van der Waals surface area contributed by atoms with Gasteiger partial charge in [-0.05, 0) is 50.0 Å². The van der Waals surface area contributed by atoms with Gasteiger partial charge in [0.15, 0.2) is 0 Å². The predicted octanol–water partition coefficient (Wildman–Crippen LogP) is 2.87. The quantitative estimate of drug-likeness (QED) is 0.849. The molecule has 0 saturated carbocycles. The summed E-state index contributed by atoms with van der Waals surface area (Å²) in [6.07, 6.45) is 6.33. The second-order valence-corrected chi connectivity index (χ2v) is 6.80. The first-order chi connectivity index (χ1) is 12.2. The molecule has 3 rings (SSSR count). The number of aromatic nitrogens is 1. The number of piperidine rings is 1. The molecular weight excluding hydrogens is 312 g/mol. The topological polar surface area (TPSA) is 49.3 Å². The zero-order chi connectivity index (χ0) is 17.5. The van der Waals surface area contributed by atoms with Gasteiger partial charge in [-0.1, -0.05) is 30.3 Å². The molecule has 0 aliphatic carbocycles. The van der Waals surface area contributed by atoms with E-state index in [1.165, 1.54) is 12.0 Å². The lowest BCUT2D eigenvalue weighted by Gasteiger charge is -2.39. The van der Waals surface area contributed by atoms with Crippen molar-refractivity contribution in [1.82, 2.24) is 20.1 Å². The van der Waals surface area contributed by atoms with Gasteiger partial charge in [0.05, 0.1) is 0 Å². The SMILES string of the molecule is CN1CCC[C@H](CNC(=O)NCCn2cccc2)[C@@H]1c1ccccc1. The van der Waals surface area contributed by atoms with Crippen LogP contribution in [0.5, 0.6) is 0 Å². The maximum Gasteiger partial charge on any atom is 0.314 e. The van der Waals surface area contributed by atoms with Crippen LogP contribution in [0.2, 0.25) is 0 Å². The molecule has 0 bridgehead atoms. The molecule has 2 amide bonds. The van der Waals surface area contributed by atoms with Crippen molar-refractivity contribution >= 4 is 6.03 Å². The van der Waals surface area contributed by atoms with E-state index in [-0.39, 0.29) is 6.03 Å². The summed E-state index contributed by atoms with van der Waals surface area (Å²) in [5.74, 6) is 0.441. The van der Waals surface area contributed by atoms with E-state index < -0.39 is 0 Å². The fraction of sp³-hybridized carbons (Fsp3) is 0.450. The van der Waals surface area contributed by atoms with Crippen LogP contribution < -0.4 is 10.6 Å². The fourth-order valence-electron chi connectivity index (χ4n) is 3.75. The molecule has 1 aliphatic rings. The molecular formula is C20H28N4O. The molecule has 1 fully saturated rings. The van der Waals surface area contributed by atoms with Crippen LogP contribution in [0, 0.1) is 5.92 Å². The number of benzene rings is 1. The molecule has 1 aromatic carbocycles. The lowest BCUT2D eigenvalue weighted by molar-refractivity contribution is 0.120. The van der Waals surface area contributed by atoms with Crippen LogP contribution in [-0.2, 0) is 6.54 Å². The predicted molar refractivity (Wildman–Crippen MR) is 100 cm³/mol. The number of carbonyl (C=O) groups excluding carboxylic acids is 1. The minimum absolute atomic E-state index is 0.0767.